The Morgan fingerprint density at radius 2 is 2.04 bits per heavy atom. The van der Waals surface area contributed by atoms with Crippen LogP contribution in [0, 0.1) is 0 Å². The van der Waals surface area contributed by atoms with E-state index >= 15 is 0 Å². The Hall–Kier alpha value is -3.38. The topological polar surface area (TPSA) is 64.0 Å². The smallest absolute Gasteiger partial charge is 0.256 e. The molecule has 1 N–H and O–H groups in total. The first-order chi connectivity index (χ1) is 13.7. The van der Waals surface area contributed by atoms with Crippen LogP contribution >= 0.6 is 11.8 Å². The number of ketones is 1. The third-order valence-electron chi connectivity index (χ3n) is 4.78. The molecular weight excluding hydrogens is 370 g/mol. The van der Waals surface area contributed by atoms with Crippen LogP contribution in [-0.2, 0) is 9.59 Å². The van der Waals surface area contributed by atoms with E-state index < -0.39 is 0 Å². The number of rotatable bonds is 3. The Bertz CT molecular complexity index is 1150. The summed E-state index contributed by atoms with van der Waals surface area (Å²) in [6.07, 6.45) is 14.4. The summed E-state index contributed by atoms with van der Waals surface area (Å²) in [7, 11) is 0. The largest absolute Gasteiger partial charge is 0.320 e. The van der Waals surface area contributed by atoms with E-state index in [9.17, 15) is 9.59 Å². The van der Waals surface area contributed by atoms with Crippen molar-refractivity contribution in [3.05, 3.63) is 101 Å². The number of allylic oxidation sites excluding steroid dienone is 6. The normalized spacial score (nSPS) is 19.9. The van der Waals surface area contributed by atoms with Gasteiger partial charge in [0.15, 0.2) is 5.78 Å². The van der Waals surface area contributed by atoms with Crippen LogP contribution in [0.15, 0.2) is 101 Å². The second kappa shape index (κ2) is 6.65. The zero-order valence-corrected chi connectivity index (χ0v) is 15.5. The van der Waals surface area contributed by atoms with Crippen molar-refractivity contribution >= 4 is 29.1 Å². The molecule has 0 radical (unpaired) electrons. The van der Waals surface area contributed by atoms with Gasteiger partial charge in [-0.3, -0.25) is 9.59 Å². The third kappa shape index (κ3) is 2.70. The molecule has 1 aliphatic heterocycles. The van der Waals surface area contributed by atoms with Gasteiger partial charge in [0.2, 0.25) is 0 Å². The van der Waals surface area contributed by atoms with Crippen LogP contribution in [0.2, 0.25) is 0 Å². The number of carbonyl (C=O) groups is 2. The fraction of sp³-hybridized carbons (Fsp3) is 0.0455. The molecule has 0 spiro atoms. The van der Waals surface area contributed by atoms with Crippen LogP contribution in [0.25, 0.3) is 5.69 Å². The minimum atomic E-state index is -0.236. The van der Waals surface area contributed by atoms with E-state index in [1.54, 1.807) is 40.9 Å². The van der Waals surface area contributed by atoms with Crippen LogP contribution in [0.4, 0.5) is 5.69 Å². The maximum Gasteiger partial charge on any atom is 0.256 e. The SMILES string of the molecule is O=C1C=CC=C2SC3C=CC=C(C(=O)Nc4ccccc4-n4cccn4)C3=C12. The number of anilines is 1. The van der Waals surface area contributed by atoms with Gasteiger partial charge in [-0.1, -0.05) is 30.4 Å². The van der Waals surface area contributed by atoms with Crippen molar-refractivity contribution in [3.63, 3.8) is 0 Å². The second-order valence-corrected chi connectivity index (χ2v) is 7.65. The lowest BCUT2D eigenvalue weighted by Crippen LogP contribution is -2.22. The number of fused-ring (bicyclic) bond motifs is 2. The van der Waals surface area contributed by atoms with Crippen molar-refractivity contribution in [3.8, 4) is 5.69 Å². The Morgan fingerprint density at radius 1 is 1.14 bits per heavy atom. The van der Waals surface area contributed by atoms with E-state index in [0.29, 0.717) is 16.8 Å². The summed E-state index contributed by atoms with van der Waals surface area (Å²) in [5, 5.41) is 7.23. The van der Waals surface area contributed by atoms with E-state index in [0.717, 1.165) is 16.2 Å². The summed E-state index contributed by atoms with van der Waals surface area (Å²) < 4.78 is 1.71. The number of para-hydroxylation sites is 2. The molecule has 1 atom stereocenters. The molecule has 5 nitrogen and oxygen atoms in total. The number of benzene rings is 1. The average molecular weight is 385 g/mol. The lowest BCUT2D eigenvalue weighted by Gasteiger charge is -2.18. The van der Waals surface area contributed by atoms with Gasteiger partial charge in [0.25, 0.3) is 5.91 Å². The van der Waals surface area contributed by atoms with E-state index in [1.165, 1.54) is 0 Å². The molecule has 6 heteroatoms. The van der Waals surface area contributed by atoms with Crippen molar-refractivity contribution in [2.24, 2.45) is 0 Å². The van der Waals surface area contributed by atoms with Crippen molar-refractivity contribution in [2.75, 3.05) is 5.32 Å². The Balaban J connectivity index is 1.52. The molecule has 2 aliphatic carbocycles. The van der Waals surface area contributed by atoms with Gasteiger partial charge in [-0.15, -0.1) is 11.8 Å². The first-order valence-corrected chi connectivity index (χ1v) is 9.73. The number of nitrogens with one attached hydrogen (secondary N) is 1. The maximum atomic E-state index is 13.2. The molecule has 2 aromatic rings. The Kier molecular flexibility index (Phi) is 3.98. The zero-order valence-electron chi connectivity index (χ0n) is 14.7. The van der Waals surface area contributed by atoms with Gasteiger partial charge < -0.3 is 5.32 Å². The van der Waals surface area contributed by atoms with E-state index in [1.807, 2.05) is 54.8 Å². The second-order valence-electron chi connectivity index (χ2n) is 6.47. The molecule has 28 heavy (non-hydrogen) atoms. The predicted molar refractivity (Wildman–Crippen MR) is 110 cm³/mol. The number of nitrogens with zero attached hydrogens (tertiary/aromatic N) is 2. The molecule has 2 heterocycles. The van der Waals surface area contributed by atoms with E-state index in [4.69, 9.17) is 0 Å². The van der Waals surface area contributed by atoms with Gasteiger partial charge in [-0.2, -0.15) is 5.10 Å². The van der Waals surface area contributed by atoms with Gasteiger partial charge in [-0.25, -0.2) is 4.68 Å². The van der Waals surface area contributed by atoms with Gasteiger partial charge in [0.05, 0.1) is 16.6 Å². The highest BCUT2D eigenvalue weighted by atomic mass is 32.2. The van der Waals surface area contributed by atoms with Crippen molar-refractivity contribution in [2.45, 2.75) is 5.25 Å². The molecular formula is C22H15N3O2S. The zero-order chi connectivity index (χ0) is 19.1. The molecule has 1 amide bonds. The highest BCUT2D eigenvalue weighted by molar-refractivity contribution is 8.04. The lowest BCUT2D eigenvalue weighted by atomic mass is 9.89. The highest BCUT2D eigenvalue weighted by Gasteiger charge is 2.37. The number of thioether (sulfide) groups is 1. The summed E-state index contributed by atoms with van der Waals surface area (Å²) in [5.41, 5.74) is 3.40. The molecule has 1 aromatic heterocycles. The number of amides is 1. The van der Waals surface area contributed by atoms with Crippen LogP contribution in [0.5, 0.6) is 0 Å². The van der Waals surface area contributed by atoms with Crippen LogP contribution in [0.3, 0.4) is 0 Å². The predicted octanol–water partition coefficient (Wildman–Crippen LogP) is 3.74. The van der Waals surface area contributed by atoms with Gasteiger partial charge in [0.1, 0.15) is 0 Å². The van der Waals surface area contributed by atoms with Gasteiger partial charge in [0, 0.05) is 28.4 Å². The van der Waals surface area contributed by atoms with E-state index in [2.05, 4.69) is 10.4 Å². The first-order valence-electron chi connectivity index (χ1n) is 8.85. The van der Waals surface area contributed by atoms with Crippen molar-refractivity contribution in [1.82, 2.24) is 9.78 Å². The van der Waals surface area contributed by atoms with Crippen LogP contribution in [-0.4, -0.2) is 26.7 Å². The molecule has 0 fully saturated rings. The molecule has 136 valence electrons. The first kappa shape index (κ1) is 16.8. The van der Waals surface area contributed by atoms with E-state index in [-0.39, 0.29) is 16.9 Å². The molecule has 0 saturated carbocycles. The van der Waals surface area contributed by atoms with Crippen molar-refractivity contribution in [1.29, 1.82) is 0 Å². The summed E-state index contributed by atoms with van der Waals surface area (Å²) in [4.78, 5) is 26.6. The third-order valence-corrected chi connectivity index (χ3v) is 6.02. The Morgan fingerprint density at radius 3 is 2.89 bits per heavy atom. The molecule has 1 unspecified atom stereocenters. The summed E-state index contributed by atoms with van der Waals surface area (Å²) in [6.45, 7) is 0. The molecule has 1 aromatic carbocycles. The standard InChI is InChI=1S/C22H15N3O2S/c26-17-9-4-11-19-21(17)20-14(6-3-10-18(20)28-19)22(27)24-15-7-1-2-8-16(15)25-13-5-12-23-25/h1-13,18H,(H,24,27). The molecule has 0 bridgehead atoms. The number of hydrogen-bond acceptors (Lipinski definition) is 4. The number of hydrogen-bond donors (Lipinski definition) is 1. The summed E-state index contributed by atoms with van der Waals surface area (Å²) in [5.74, 6) is -0.283. The van der Waals surface area contributed by atoms with Crippen LogP contribution < -0.4 is 5.32 Å². The number of aromatic nitrogens is 2. The summed E-state index contributed by atoms with van der Waals surface area (Å²) >= 11 is 1.60. The minimum Gasteiger partial charge on any atom is -0.320 e. The molecule has 5 rings (SSSR count). The highest BCUT2D eigenvalue weighted by Crippen LogP contribution is 2.48. The van der Waals surface area contributed by atoms with Crippen LogP contribution in [0.1, 0.15) is 0 Å². The van der Waals surface area contributed by atoms with Gasteiger partial charge >= 0.3 is 0 Å². The Labute approximate surface area is 165 Å². The fourth-order valence-corrected chi connectivity index (χ4v) is 4.85. The maximum absolute atomic E-state index is 13.2. The monoisotopic (exact) mass is 385 g/mol. The quantitative estimate of drug-likeness (QED) is 0.874. The van der Waals surface area contributed by atoms with Gasteiger partial charge in [-0.05, 0) is 42.0 Å². The van der Waals surface area contributed by atoms with Crippen molar-refractivity contribution < 1.29 is 9.59 Å². The molecule has 0 saturated heterocycles. The molecule has 3 aliphatic rings. The fourth-order valence-electron chi connectivity index (χ4n) is 3.56. The average Bonchev–Trinajstić information content (AvgIpc) is 3.36. The lowest BCUT2D eigenvalue weighted by molar-refractivity contribution is -0.112. The minimum absolute atomic E-state index is 0.0165. The number of carbonyl (C=O) groups excluding carboxylic acids is 2. The summed E-state index contributed by atoms with van der Waals surface area (Å²) in [6, 6.07) is 9.32.